The van der Waals surface area contributed by atoms with E-state index >= 15 is 0 Å². The van der Waals surface area contributed by atoms with E-state index in [-0.39, 0.29) is 6.61 Å². The Labute approximate surface area is 50.0 Å². The molecule has 7 heavy (non-hydrogen) atoms. The van der Waals surface area contributed by atoms with Crippen molar-refractivity contribution < 1.29 is 5.11 Å². The zero-order valence-electron chi connectivity index (χ0n) is 4.98. The Balaban J connectivity index is 2.68. The van der Waals surface area contributed by atoms with Gasteiger partial charge in [0.2, 0.25) is 0 Å². The number of hydrogen-bond acceptors (Lipinski definition) is 0. The van der Waals surface area contributed by atoms with Crippen molar-refractivity contribution in [1.82, 2.24) is 0 Å². The minimum absolute atomic E-state index is 0.132. The summed E-state index contributed by atoms with van der Waals surface area (Å²) in [6.07, 6.45) is 0.910. The van der Waals surface area contributed by atoms with Gasteiger partial charge in [-0.05, 0) is 0 Å². The van der Waals surface area contributed by atoms with E-state index in [1.54, 1.807) is 0 Å². The van der Waals surface area contributed by atoms with Crippen LogP contribution in [0, 0.1) is 0 Å². The van der Waals surface area contributed by atoms with Crippen LogP contribution in [0.5, 0.6) is 0 Å². The van der Waals surface area contributed by atoms with Crippen molar-refractivity contribution >= 4 is 14.7 Å². The van der Waals surface area contributed by atoms with E-state index in [4.69, 9.17) is 0 Å². The molecule has 0 amide bonds. The molecular weight excluding hydrogens is 151 g/mol. The molecular formula is C5H12AsO. The van der Waals surface area contributed by atoms with Crippen LogP contribution in [0.1, 0.15) is 6.42 Å². The molecule has 0 spiro atoms. The van der Waals surface area contributed by atoms with Gasteiger partial charge in [0, 0.05) is 0 Å². The van der Waals surface area contributed by atoms with Crippen LogP contribution in [0.25, 0.3) is 0 Å². The Morgan fingerprint density at radius 1 is 1.43 bits per heavy atom. The molecule has 43 valence electrons. The molecule has 0 aliphatic carbocycles. The molecule has 0 atom stereocenters. The fraction of sp³-hybridized carbons (Fsp3) is 1.00. The summed E-state index contributed by atoms with van der Waals surface area (Å²) < 4.78 is 0. The SMILES string of the molecule is C[As](C)CCC[O]. The molecule has 0 aromatic heterocycles. The van der Waals surface area contributed by atoms with E-state index in [9.17, 15) is 5.11 Å². The molecule has 0 fully saturated rings. The third kappa shape index (κ3) is 6.52. The van der Waals surface area contributed by atoms with Crippen LogP contribution >= 0.6 is 0 Å². The summed E-state index contributed by atoms with van der Waals surface area (Å²) in [5.74, 6) is 0. The van der Waals surface area contributed by atoms with E-state index in [1.807, 2.05) is 0 Å². The zero-order valence-corrected chi connectivity index (χ0v) is 6.85. The molecule has 0 aliphatic rings. The molecule has 0 rings (SSSR count). The summed E-state index contributed by atoms with van der Waals surface area (Å²) in [4.78, 5) is 0. The molecule has 0 bridgehead atoms. The van der Waals surface area contributed by atoms with Gasteiger partial charge in [-0.25, -0.2) is 0 Å². The first-order valence-electron chi connectivity index (χ1n) is 2.50. The van der Waals surface area contributed by atoms with Gasteiger partial charge < -0.3 is 0 Å². The van der Waals surface area contributed by atoms with Crippen LogP contribution in [-0.4, -0.2) is 21.3 Å². The van der Waals surface area contributed by atoms with Gasteiger partial charge in [0.25, 0.3) is 0 Å². The zero-order chi connectivity index (χ0) is 5.70. The molecule has 0 aromatic carbocycles. The minimum atomic E-state index is -0.443. The summed E-state index contributed by atoms with van der Waals surface area (Å²) in [5.41, 5.74) is 4.56. The van der Waals surface area contributed by atoms with Crippen molar-refractivity contribution in [2.24, 2.45) is 0 Å². The van der Waals surface area contributed by atoms with Crippen molar-refractivity contribution in [2.45, 2.75) is 23.1 Å². The van der Waals surface area contributed by atoms with Crippen LogP contribution < -0.4 is 0 Å². The van der Waals surface area contributed by atoms with Crippen LogP contribution in [-0.2, 0) is 5.11 Å². The fourth-order valence-electron chi connectivity index (χ4n) is 0.381. The van der Waals surface area contributed by atoms with Crippen molar-refractivity contribution in [1.29, 1.82) is 0 Å². The Morgan fingerprint density at radius 2 is 2.00 bits per heavy atom. The van der Waals surface area contributed by atoms with Gasteiger partial charge in [-0.1, -0.05) is 0 Å². The van der Waals surface area contributed by atoms with Gasteiger partial charge in [0.15, 0.2) is 0 Å². The molecule has 0 aliphatic heterocycles. The second kappa shape index (κ2) is 4.67. The van der Waals surface area contributed by atoms with Gasteiger partial charge in [0.1, 0.15) is 0 Å². The first-order valence-corrected chi connectivity index (χ1v) is 7.58. The molecule has 1 radical (unpaired) electrons. The van der Waals surface area contributed by atoms with E-state index in [1.165, 1.54) is 5.21 Å². The standard InChI is InChI=1S/C5H12AsO/c1-6(2)4-3-5-7/h3-5H2,1-2H3. The third-order valence-corrected chi connectivity index (χ3v) is 3.29. The van der Waals surface area contributed by atoms with Gasteiger partial charge >= 0.3 is 49.4 Å². The topological polar surface area (TPSA) is 19.9 Å². The first-order chi connectivity index (χ1) is 3.27. The summed E-state index contributed by atoms with van der Waals surface area (Å²) in [7, 11) is 0. The second-order valence-electron chi connectivity index (χ2n) is 1.86. The predicted molar refractivity (Wildman–Crippen MR) is 32.5 cm³/mol. The van der Waals surface area contributed by atoms with E-state index < -0.39 is 14.7 Å². The molecule has 1 nitrogen and oxygen atoms in total. The molecule has 0 saturated heterocycles. The number of rotatable bonds is 3. The van der Waals surface area contributed by atoms with Crippen LogP contribution in [0.2, 0.25) is 16.6 Å². The van der Waals surface area contributed by atoms with Crippen molar-refractivity contribution in [3.05, 3.63) is 0 Å². The maximum atomic E-state index is 9.86. The Kier molecular flexibility index (Phi) is 5.02. The molecule has 0 aromatic rings. The maximum absolute atomic E-state index is 9.86. The van der Waals surface area contributed by atoms with Crippen LogP contribution in [0.3, 0.4) is 0 Å². The van der Waals surface area contributed by atoms with Crippen molar-refractivity contribution in [3.63, 3.8) is 0 Å². The molecule has 0 heterocycles. The third-order valence-electron chi connectivity index (χ3n) is 0.750. The number of hydrogen-bond donors (Lipinski definition) is 0. The Morgan fingerprint density at radius 3 is 2.14 bits per heavy atom. The van der Waals surface area contributed by atoms with Gasteiger partial charge in [-0.2, -0.15) is 0 Å². The fourth-order valence-corrected chi connectivity index (χ4v) is 1.98. The van der Waals surface area contributed by atoms with Crippen molar-refractivity contribution in [2.75, 3.05) is 6.61 Å². The van der Waals surface area contributed by atoms with Gasteiger partial charge in [-0.15, -0.1) is 0 Å². The Hall–Kier alpha value is 0.518. The van der Waals surface area contributed by atoms with Crippen molar-refractivity contribution in [3.8, 4) is 0 Å². The average molecular weight is 163 g/mol. The Bertz CT molecular complexity index is 37.1. The van der Waals surface area contributed by atoms with Gasteiger partial charge in [-0.3, -0.25) is 0 Å². The monoisotopic (exact) mass is 163 g/mol. The molecule has 0 N–H and O–H groups in total. The summed E-state index contributed by atoms with van der Waals surface area (Å²) in [6.45, 7) is 0.132. The van der Waals surface area contributed by atoms with Crippen LogP contribution in [0.4, 0.5) is 0 Å². The normalized spacial score (nSPS) is 10.3. The summed E-state index contributed by atoms with van der Waals surface area (Å²) >= 11 is -0.443. The van der Waals surface area contributed by atoms with E-state index in [2.05, 4.69) is 11.4 Å². The average Bonchev–Trinajstić information content (AvgIpc) is 1.61. The second-order valence-corrected chi connectivity index (χ2v) is 7.33. The van der Waals surface area contributed by atoms with E-state index in [0.29, 0.717) is 0 Å². The summed E-state index contributed by atoms with van der Waals surface area (Å²) in [6, 6.07) is 0. The van der Waals surface area contributed by atoms with Crippen LogP contribution in [0.15, 0.2) is 0 Å². The quantitative estimate of drug-likeness (QED) is 0.562. The first kappa shape index (κ1) is 7.52. The van der Waals surface area contributed by atoms with E-state index in [0.717, 1.165) is 6.42 Å². The summed E-state index contributed by atoms with van der Waals surface area (Å²) in [5, 5.41) is 11.1. The predicted octanol–water partition coefficient (Wildman–Crippen LogP) is 1.56. The molecule has 2 heteroatoms. The molecule has 0 saturated carbocycles. The molecule has 0 unspecified atom stereocenters. The van der Waals surface area contributed by atoms with Gasteiger partial charge in [0.05, 0.1) is 0 Å².